The van der Waals surface area contributed by atoms with Gasteiger partial charge in [-0.05, 0) is 11.6 Å². The van der Waals surface area contributed by atoms with Crippen LogP contribution in [-0.2, 0) is 12.4 Å². The van der Waals surface area contributed by atoms with Crippen molar-refractivity contribution < 1.29 is 30.7 Å². The normalized spacial score (nSPS) is 12.5. The van der Waals surface area contributed by atoms with E-state index >= 15 is 0 Å². The van der Waals surface area contributed by atoms with Gasteiger partial charge in [0.1, 0.15) is 11.4 Å². The fourth-order valence-electron chi connectivity index (χ4n) is 1.93. The summed E-state index contributed by atoms with van der Waals surface area (Å²) >= 11 is 0. The third kappa shape index (κ3) is 3.01. The Morgan fingerprint density at radius 1 is 0.667 bits per heavy atom. The van der Waals surface area contributed by atoms with Crippen molar-refractivity contribution in [1.82, 2.24) is 0 Å². The van der Waals surface area contributed by atoms with Crippen molar-refractivity contribution in [3.8, 4) is 11.1 Å². The molecule has 0 heterocycles. The zero-order valence-electron chi connectivity index (χ0n) is 10.2. The van der Waals surface area contributed by atoms with Crippen LogP contribution in [0.3, 0.4) is 0 Å². The summed E-state index contributed by atoms with van der Waals surface area (Å²) in [5, 5.41) is 0. The Hall–Kier alpha value is -2.05. The second kappa shape index (κ2) is 5.05. The minimum atomic E-state index is -5.44. The molecule has 0 aliphatic rings. The summed E-state index contributed by atoms with van der Waals surface area (Å²) in [4.78, 5) is 0. The van der Waals surface area contributed by atoms with Crippen molar-refractivity contribution >= 4 is 0 Å². The van der Waals surface area contributed by atoms with Gasteiger partial charge in [0.15, 0.2) is 0 Å². The van der Waals surface area contributed by atoms with Crippen molar-refractivity contribution in [2.75, 3.05) is 0 Å². The van der Waals surface area contributed by atoms with Gasteiger partial charge in [0.25, 0.3) is 0 Å². The van der Waals surface area contributed by atoms with Crippen LogP contribution >= 0.6 is 0 Å². The topological polar surface area (TPSA) is 0 Å². The second-order valence-corrected chi connectivity index (χ2v) is 4.21. The minimum Gasteiger partial charge on any atom is -0.206 e. The van der Waals surface area contributed by atoms with Crippen LogP contribution in [0.5, 0.6) is 0 Å². The molecule has 0 amide bonds. The lowest BCUT2D eigenvalue weighted by Crippen LogP contribution is -2.19. The molecule has 21 heavy (non-hydrogen) atoms. The van der Waals surface area contributed by atoms with E-state index in [9.17, 15) is 30.7 Å². The molecule has 0 saturated carbocycles. The largest absolute Gasteiger partial charge is 0.419 e. The van der Waals surface area contributed by atoms with E-state index in [-0.39, 0.29) is 11.6 Å². The summed E-state index contributed by atoms with van der Waals surface area (Å²) in [6.07, 6.45) is -10.7. The van der Waals surface area contributed by atoms with Crippen LogP contribution in [0.15, 0.2) is 42.5 Å². The molecule has 2 aromatic rings. The van der Waals surface area contributed by atoms with E-state index < -0.39 is 34.9 Å². The van der Waals surface area contributed by atoms with Gasteiger partial charge in [0.2, 0.25) is 0 Å². The Morgan fingerprint density at radius 2 is 1.24 bits per heavy atom. The smallest absolute Gasteiger partial charge is 0.206 e. The monoisotopic (exact) mass is 308 g/mol. The summed E-state index contributed by atoms with van der Waals surface area (Å²) in [7, 11) is 0. The number of halogens is 7. The lowest BCUT2D eigenvalue weighted by molar-refractivity contribution is -0.163. The van der Waals surface area contributed by atoms with Crippen LogP contribution in [0.1, 0.15) is 11.1 Å². The first-order chi connectivity index (χ1) is 9.62. The molecule has 0 saturated heterocycles. The van der Waals surface area contributed by atoms with Gasteiger partial charge in [0, 0.05) is 5.56 Å². The molecule has 0 atom stereocenters. The Labute approximate surface area is 114 Å². The van der Waals surface area contributed by atoms with Crippen LogP contribution in [0.2, 0.25) is 0 Å². The molecule has 2 aromatic carbocycles. The highest BCUT2D eigenvalue weighted by atomic mass is 19.4. The highest BCUT2D eigenvalue weighted by molar-refractivity contribution is 5.66. The predicted octanol–water partition coefficient (Wildman–Crippen LogP) is 5.53. The summed E-state index contributed by atoms with van der Waals surface area (Å²) in [6, 6.07) is 8.00. The Morgan fingerprint density at radius 3 is 1.71 bits per heavy atom. The van der Waals surface area contributed by atoms with E-state index in [4.69, 9.17) is 0 Å². The van der Waals surface area contributed by atoms with Gasteiger partial charge in [-0.15, -0.1) is 0 Å². The number of benzene rings is 2. The molecular weight excluding hydrogens is 301 g/mol. The quantitative estimate of drug-likeness (QED) is 0.608. The van der Waals surface area contributed by atoms with Crippen LogP contribution < -0.4 is 0 Å². The van der Waals surface area contributed by atoms with Crippen molar-refractivity contribution in [3.63, 3.8) is 0 Å². The maximum atomic E-state index is 14.0. The van der Waals surface area contributed by atoms with E-state index in [1.165, 1.54) is 24.3 Å². The first-order valence-corrected chi connectivity index (χ1v) is 5.64. The van der Waals surface area contributed by atoms with E-state index in [1.54, 1.807) is 6.07 Å². The first-order valence-electron chi connectivity index (χ1n) is 5.64. The van der Waals surface area contributed by atoms with Crippen molar-refractivity contribution in [2.45, 2.75) is 12.4 Å². The molecular formula is C14H7F7. The van der Waals surface area contributed by atoms with Gasteiger partial charge < -0.3 is 0 Å². The van der Waals surface area contributed by atoms with E-state index in [1.807, 2.05) is 0 Å². The van der Waals surface area contributed by atoms with Gasteiger partial charge in [-0.1, -0.05) is 36.4 Å². The Kier molecular flexibility index (Phi) is 3.69. The third-order valence-electron chi connectivity index (χ3n) is 2.82. The molecule has 2 rings (SSSR count). The molecule has 0 fully saturated rings. The van der Waals surface area contributed by atoms with E-state index in [2.05, 4.69) is 0 Å². The predicted molar refractivity (Wildman–Crippen MR) is 61.8 cm³/mol. The first kappa shape index (κ1) is 15.3. The molecule has 0 aliphatic heterocycles. The standard InChI is InChI=1S/C14H7F7/c15-12-9(8-4-2-1-3-5-8)6-7-10(13(16,17)18)11(12)14(19,20)21/h1-7H. The van der Waals surface area contributed by atoms with Crippen LogP contribution in [0.25, 0.3) is 11.1 Å². The number of rotatable bonds is 1. The van der Waals surface area contributed by atoms with E-state index in [0.29, 0.717) is 6.07 Å². The van der Waals surface area contributed by atoms with Gasteiger partial charge >= 0.3 is 12.4 Å². The van der Waals surface area contributed by atoms with Gasteiger partial charge in [-0.3, -0.25) is 0 Å². The molecule has 112 valence electrons. The molecule has 0 radical (unpaired) electrons. The fourth-order valence-corrected chi connectivity index (χ4v) is 1.93. The highest BCUT2D eigenvalue weighted by Gasteiger charge is 2.46. The molecule has 7 heteroatoms. The van der Waals surface area contributed by atoms with Gasteiger partial charge in [-0.25, -0.2) is 4.39 Å². The summed E-state index contributed by atoms with van der Waals surface area (Å²) in [6.45, 7) is 0. The average molecular weight is 308 g/mol. The van der Waals surface area contributed by atoms with E-state index in [0.717, 1.165) is 0 Å². The molecule has 0 bridgehead atoms. The van der Waals surface area contributed by atoms with Gasteiger partial charge in [-0.2, -0.15) is 26.3 Å². The zero-order chi connectivity index (χ0) is 15.8. The minimum absolute atomic E-state index is 0.0641. The third-order valence-corrected chi connectivity index (χ3v) is 2.82. The average Bonchev–Trinajstić information content (AvgIpc) is 2.36. The van der Waals surface area contributed by atoms with Gasteiger partial charge in [0.05, 0.1) is 5.56 Å². The second-order valence-electron chi connectivity index (χ2n) is 4.21. The lowest BCUT2D eigenvalue weighted by atomic mass is 9.97. The summed E-state index contributed by atoms with van der Waals surface area (Å²) in [5.41, 5.74) is -4.80. The molecule has 0 aliphatic carbocycles. The Balaban J connectivity index is 2.75. The van der Waals surface area contributed by atoms with Crippen molar-refractivity contribution in [3.05, 3.63) is 59.4 Å². The van der Waals surface area contributed by atoms with Crippen LogP contribution in [-0.4, -0.2) is 0 Å². The maximum Gasteiger partial charge on any atom is 0.419 e. The lowest BCUT2D eigenvalue weighted by Gasteiger charge is -2.18. The molecule has 0 unspecified atom stereocenters. The fraction of sp³-hybridized carbons (Fsp3) is 0.143. The molecule has 0 aromatic heterocycles. The molecule has 0 N–H and O–H groups in total. The van der Waals surface area contributed by atoms with Crippen LogP contribution in [0, 0.1) is 5.82 Å². The Bertz CT molecular complexity index is 639. The summed E-state index contributed by atoms with van der Waals surface area (Å²) < 4.78 is 90.3. The van der Waals surface area contributed by atoms with Crippen LogP contribution in [0.4, 0.5) is 30.7 Å². The SMILES string of the molecule is Fc1c(-c2ccccc2)ccc(C(F)(F)F)c1C(F)(F)F. The molecule has 0 spiro atoms. The summed E-state index contributed by atoms with van der Waals surface area (Å²) in [5.74, 6) is -1.93. The van der Waals surface area contributed by atoms with Crippen molar-refractivity contribution in [1.29, 1.82) is 0 Å². The molecule has 0 nitrogen and oxygen atoms in total. The zero-order valence-corrected chi connectivity index (χ0v) is 10.2. The van der Waals surface area contributed by atoms with Crippen molar-refractivity contribution in [2.24, 2.45) is 0 Å². The number of alkyl halides is 6. The maximum absolute atomic E-state index is 14.0. The highest BCUT2D eigenvalue weighted by Crippen LogP contribution is 2.43. The number of hydrogen-bond acceptors (Lipinski definition) is 0. The number of hydrogen-bond donors (Lipinski definition) is 0.